The van der Waals surface area contributed by atoms with Crippen molar-refractivity contribution in [3.05, 3.63) is 35.4 Å². The Morgan fingerprint density at radius 1 is 1.27 bits per heavy atom. The Hall–Kier alpha value is -0.780. The molecule has 0 saturated carbocycles. The molecular formula is C11H15. The molecule has 0 atom stereocenters. The monoisotopic (exact) mass is 147 g/mol. The molecule has 0 N–H and O–H groups in total. The average molecular weight is 147 g/mol. The van der Waals surface area contributed by atoms with Crippen LogP contribution in [0, 0.1) is 6.07 Å². The fourth-order valence-corrected chi connectivity index (χ4v) is 1.34. The summed E-state index contributed by atoms with van der Waals surface area (Å²) in [6.07, 6.45) is 3.57. The summed E-state index contributed by atoms with van der Waals surface area (Å²) in [6.45, 7) is 4.42. The molecule has 0 aromatic heterocycles. The van der Waals surface area contributed by atoms with E-state index in [1.807, 2.05) is 6.07 Å². The predicted octanol–water partition coefficient (Wildman–Crippen LogP) is 3.00. The highest BCUT2D eigenvalue weighted by Crippen LogP contribution is 2.10. The lowest BCUT2D eigenvalue weighted by molar-refractivity contribution is 0.899. The van der Waals surface area contributed by atoms with Crippen molar-refractivity contribution < 1.29 is 0 Å². The maximum atomic E-state index is 3.11. The molecule has 0 saturated heterocycles. The zero-order chi connectivity index (χ0) is 8.10. The predicted molar refractivity (Wildman–Crippen MR) is 48.7 cm³/mol. The van der Waals surface area contributed by atoms with Crippen LogP contribution in [0.3, 0.4) is 0 Å². The molecule has 0 nitrogen and oxygen atoms in total. The van der Waals surface area contributed by atoms with Gasteiger partial charge in [-0.05, 0) is 30.0 Å². The van der Waals surface area contributed by atoms with Crippen molar-refractivity contribution in [3.8, 4) is 0 Å². The van der Waals surface area contributed by atoms with Gasteiger partial charge in [0.25, 0.3) is 0 Å². The molecule has 0 spiro atoms. The first-order valence-electron chi connectivity index (χ1n) is 4.36. The Bertz CT molecular complexity index is 213. The topological polar surface area (TPSA) is 0 Å². The highest BCUT2D eigenvalue weighted by Gasteiger charge is 1.96. The summed E-state index contributed by atoms with van der Waals surface area (Å²) in [5, 5.41) is 0. The van der Waals surface area contributed by atoms with E-state index in [9.17, 15) is 0 Å². The van der Waals surface area contributed by atoms with Crippen LogP contribution >= 0.6 is 0 Å². The standard InChI is InChI=1S/C11H15/c1-3-7-11-9-6-5-8-10(11)4-2/h6,8-9H,3-4,7H2,1-2H3. The normalized spacial score (nSPS) is 10.0. The lowest BCUT2D eigenvalue weighted by Crippen LogP contribution is -1.90. The largest absolute Gasteiger partial charge is 0.0651 e. The lowest BCUT2D eigenvalue weighted by Gasteiger charge is -2.04. The van der Waals surface area contributed by atoms with Gasteiger partial charge in [0, 0.05) is 0 Å². The summed E-state index contributed by atoms with van der Waals surface area (Å²) in [5.74, 6) is 0. The Labute approximate surface area is 69.3 Å². The highest BCUT2D eigenvalue weighted by atomic mass is 14.0. The zero-order valence-electron chi connectivity index (χ0n) is 7.35. The second-order valence-electron chi connectivity index (χ2n) is 2.80. The van der Waals surface area contributed by atoms with Gasteiger partial charge in [0.2, 0.25) is 0 Å². The summed E-state index contributed by atoms with van der Waals surface area (Å²) < 4.78 is 0. The first-order valence-corrected chi connectivity index (χ1v) is 4.36. The molecule has 0 fully saturated rings. The molecule has 0 heteroatoms. The minimum Gasteiger partial charge on any atom is -0.0651 e. The molecule has 0 aliphatic carbocycles. The van der Waals surface area contributed by atoms with Crippen LogP contribution in [0.5, 0.6) is 0 Å². The molecule has 0 heterocycles. The van der Waals surface area contributed by atoms with E-state index in [0.717, 1.165) is 6.42 Å². The van der Waals surface area contributed by atoms with E-state index in [2.05, 4.69) is 32.0 Å². The molecule has 1 radical (unpaired) electrons. The van der Waals surface area contributed by atoms with Crippen molar-refractivity contribution >= 4 is 0 Å². The van der Waals surface area contributed by atoms with Crippen molar-refractivity contribution in [2.75, 3.05) is 0 Å². The Morgan fingerprint density at radius 3 is 2.73 bits per heavy atom. The van der Waals surface area contributed by atoms with Gasteiger partial charge >= 0.3 is 0 Å². The summed E-state index contributed by atoms with van der Waals surface area (Å²) in [4.78, 5) is 0. The summed E-state index contributed by atoms with van der Waals surface area (Å²) in [6, 6.07) is 9.40. The molecule has 0 bridgehead atoms. The van der Waals surface area contributed by atoms with E-state index in [-0.39, 0.29) is 0 Å². The Morgan fingerprint density at radius 2 is 2.09 bits per heavy atom. The summed E-state index contributed by atoms with van der Waals surface area (Å²) in [5.41, 5.74) is 2.95. The van der Waals surface area contributed by atoms with Crippen LogP contribution in [0.4, 0.5) is 0 Å². The highest BCUT2D eigenvalue weighted by molar-refractivity contribution is 5.26. The third-order valence-electron chi connectivity index (χ3n) is 1.95. The first kappa shape index (κ1) is 8.32. The lowest BCUT2D eigenvalue weighted by atomic mass is 10.0. The van der Waals surface area contributed by atoms with Gasteiger partial charge in [-0.15, -0.1) is 0 Å². The van der Waals surface area contributed by atoms with Crippen molar-refractivity contribution in [3.63, 3.8) is 0 Å². The minimum atomic E-state index is 1.13. The van der Waals surface area contributed by atoms with Crippen molar-refractivity contribution in [2.45, 2.75) is 33.1 Å². The second-order valence-corrected chi connectivity index (χ2v) is 2.80. The van der Waals surface area contributed by atoms with E-state index in [1.165, 1.54) is 24.0 Å². The quantitative estimate of drug-likeness (QED) is 0.616. The zero-order valence-corrected chi connectivity index (χ0v) is 7.35. The molecule has 1 rings (SSSR count). The van der Waals surface area contributed by atoms with Gasteiger partial charge < -0.3 is 0 Å². The third kappa shape index (κ3) is 2.07. The molecule has 0 aliphatic heterocycles. The second kappa shape index (κ2) is 4.17. The van der Waals surface area contributed by atoms with Crippen LogP contribution in [0.15, 0.2) is 18.2 Å². The number of rotatable bonds is 3. The van der Waals surface area contributed by atoms with Crippen LogP contribution in [-0.4, -0.2) is 0 Å². The number of aryl methyl sites for hydroxylation is 2. The first-order chi connectivity index (χ1) is 5.38. The molecule has 0 amide bonds. The van der Waals surface area contributed by atoms with Crippen molar-refractivity contribution in [2.24, 2.45) is 0 Å². The number of hydrogen-bond donors (Lipinski definition) is 0. The average Bonchev–Trinajstić information content (AvgIpc) is 2.06. The summed E-state index contributed by atoms with van der Waals surface area (Å²) in [7, 11) is 0. The van der Waals surface area contributed by atoms with Gasteiger partial charge in [-0.1, -0.05) is 38.5 Å². The maximum absolute atomic E-state index is 3.11. The van der Waals surface area contributed by atoms with Crippen LogP contribution < -0.4 is 0 Å². The van der Waals surface area contributed by atoms with Gasteiger partial charge in [0.05, 0.1) is 0 Å². The molecule has 1 aromatic carbocycles. The van der Waals surface area contributed by atoms with E-state index in [0.29, 0.717) is 0 Å². The van der Waals surface area contributed by atoms with Crippen LogP contribution in [-0.2, 0) is 12.8 Å². The SMILES string of the molecule is CCCc1cc[c]cc1CC. The van der Waals surface area contributed by atoms with Crippen LogP contribution in [0.2, 0.25) is 0 Å². The van der Waals surface area contributed by atoms with Crippen molar-refractivity contribution in [1.82, 2.24) is 0 Å². The minimum absolute atomic E-state index is 1.13. The molecular weight excluding hydrogens is 132 g/mol. The fraction of sp³-hybridized carbons (Fsp3) is 0.455. The molecule has 11 heavy (non-hydrogen) atoms. The van der Waals surface area contributed by atoms with Gasteiger partial charge in [0.15, 0.2) is 0 Å². The van der Waals surface area contributed by atoms with Gasteiger partial charge in [-0.25, -0.2) is 0 Å². The maximum Gasteiger partial charge on any atom is -0.0181 e. The van der Waals surface area contributed by atoms with Crippen LogP contribution in [0.1, 0.15) is 31.4 Å². The van der Waals surface area contributed by atoms with Crippen LogP contribution in [0.25, 0.3) is 0 Å². The molecule has 1 aromatic rings. The number of benzene rings is 1. The summed E-state index contributed by atoms with van der Waals surface area (Å²) >= 11 is 0. The smallest absolute Gasteiger partial charge is 0.0181 e. The molecule has 0 aliphatic rings. The third-order valence-corrected chi connectivity index (χ3v) is 1.95. The Kier molecular flexibility index (Phi) is 3.15. The van der Waals surface area contributed by atoms with Crippen molar-refractivity contribution in [1.29, 1.82) is 0 Å². The van der Waals surface area contributed by atoms with Gasteiger partial charge in [-0.2, -0.15) is 0 Å². The molecule has 59 valence electrons. The fourth-order valence-electron chi connectivity index (χ4n) is 1.34. The van der Waals surface area contributed by atoms with E-state index in [4.69, 9.17) is 0 Å². The van der Waals surface area contributed by atoms with Gasteiger partial charge in [0.1, 0.15) is 0 Å². The number of hydrogen-bond acceptors (Lipinski definition) is 0. The molecule has 0 unspecified atom stereocenters. The van der Waals surface area contributed by atoms with E-state index >= 15 is 0 Å². The van der Waals surface area contributed by atoms with E-state index < -0.39 is 0 Å². The Balaban J connectivity index is 2.83. The van der Waals surface area contributed by atoms with Gasteiger partial charge in [-0.3, -0.25) is 0 Å². The van der Waals surface area contributed by atoms with E-state index in [1.54, 1.807) is 0 Å².